The molecule has 0 N–H and O–H groups in total. The minimum absolute atomic E-state index is 0. The van der Waals surface area contributed by atoms with Crippen LogP contribution in [0.25, 0.3) is 0 Å². The number of esters is 1. The van der Waals surface area contributed by atoms with Crippen molar-refractivity contribution in [3.05, 3.63) is 90.5 Å². The molecule has 0 aliphatic heterocycles. The fraction of sp³-hybridized carbons (Fsp3) is 0.136. The van der Waals surface area contributed by atoms with Crippen molar-refractivity contribution in [2.45, 2.75) is 6.92 Å². The van der Waals surface area contributed by atoms with Gasteiger partial charge in [-0.05, 0) is 43.3 Å². The molecule has 0 unspecified atom stereocenters. The highest BCUT2D eigenvalue weighted by Gasteiger charge is 2.43. The van der Waals surface area contributed by atoms with Crippen LogP contribution in [0.4, 0.5) is 0 Å². The Kier molecular flexibility index (Phi) is 6.97. The van der Waals surface area contributed by atoms with E-state index < -0.39 is 7.26 Å². The van der Waals surface area contributed by atoms with E-state index in [1.54, 1.807) is 0 Å². The van der Waals surface area contributed by atoms with E-state index in [9.17, 15) is 4.79 Å². The van der Waals surface area contributed by atoms with Gasteiger partial charge in [-0.2, -0.15) is 0 Å². The second-order valence-corrected chi connectivity index (χ2v) is 9.44. The molecule has 0 heterocycles. The molecule has 0 amide bonds. The van der Waals surface area contributed by atoms with Gasteiger partial charge < -0.3 is 17.1 Å². The highest BCUT2D eigenvalue weighted by atomic mass is 35.5. The van der Waals surface area contributed by atoms with Gasteiger partial charge in [0.15, 0.2) is 0 Å². The number of benzene rings is 3. The second kappa shape index (κ2) is 8.98. The van der Waals surface area contributed by atoms with Gasteiger partial charge in [0.1, 0.15) is 28.7 Å². The van der Waals surface area contributed by atoms with Crippen LogP contribution in [0.3, 0.4) is 0 Å². The summed E-state index contributed by atoms with van der Waals surface area (Å²) in [5.41, 5.74) is 0.660. The van der Waals surface area contributed by atoms with E-state index in [0.717, 1.165) is 5.30 Å². The Balaban J connectivity index is 0.00000243. The average molecular weight is 385 g/mol. The van der Waals surface area contributed by atoms with Crippen LogP contribution in [0.2, 0.25) is 0 Å². The molecule has 0 atom stereocenters. The van der Waals surface area contributed by atoms with Crippen LogP contribution in [0.1, 0.15) is 17.3 Å². The molecule has 4 heteroatoms. The third kappa shape index (κ3) is 3.82. The molecule has 3 rings (SSSR count). The molecule has 0 aliphatic rings. The summed E-state index contributed by atoms with van der Waals surface area (Å²) in [5.74, 6) is -0.254. The van der Waals surface area contributed by atoms with Crippen LogP contribution in [-0.2, 0) is 4.74 Å². The number of rotatable bonds is 5. The third-order valence-corrected chi connectivity index (χ3v) is 8.44. The molecule has 3 aromatic carbocycles. The summed E-state index contributed by atoms with van der Waals surface area (Å²) in [7, 11) is -1.94. The molecule has 0 fully saturated rings. The third-order valence-electron chi connectivity index (χ3n) is 4.43. The van der Waals surface area contributed by atoms with Crippen LogP contribution in [0.15, 0.2) is 84.9 Å². The van der Waals surface area contributed by atoms with Crippen molar-refractivity contribution in [1.29, 1.82) is 0 Å². The predicted molar refractivity (Wildman–Crippen MR) is 107 cm³/mol. The first-order valence-electron chi connectivity index (χ1n) is 8.42. The molecular formula is C22H22ClO2P. The molecule has 0 aromatic heterocycles. The summed E-state index contributed by atoms with van der Waals surface area (Å²) in [5, 5.41) is 3.56. The molecular weight excluding hydrogens is 363 g/mol. The van der Waals surface area contributed by atoms with Crippen molar-refractivity contribution >= 4 is 29.1 Å². The molecule has 0 aliphatic carbocycles. The topological polar surface area (TPSA) is 26.3 Å². The largest absolute Gasteiger partial charge is 1.00 e. The first-order valence-corrected chi connectivity index (χ1v) is 10.7. The first kappa shape index (κ1) is 20.2. The summed E-state index contributed by atoms with van der Waals surface area (Å²) < 4.78 is 5.31. The minimum Gasteiger partial charge on any atom is -1.00 e. The number of halogens is 1. The van der Waals surface area contributed by atoms with Gasteiger partial charge in [-0.15, -0.1) is 0 Å². The van der Waals surface area contributed by atoms with Crippen LogP contribution in [0.5, 0.6) is 0 Å². The molecule has 0 bridgehead atoms. The average Bonchev–Trinajstić information content (AvgIpc) is 2.69. The molecule has 26 heavy (non-hydrogen) atoms. The van der Waals surface area contributed by atoms with Crippen LogP contribution < -0.4 is 28.3 Å². The Morgan fingerprint density at radius 2 is 1.27 bits per heavy atom. The number of hydrogen-bond donors (Lipinski definition) is 0. The minimum atomic E-state index is -1.94. The van der Waals surface area contributed by atoms with E-state index in [1.165, 1.54) is 10.6 Å². The van der Waals surface area contributed by atoms with Gasteiger partial charge in [-0.25, -0.2) is 4.79 Å². The SMILES string of the molecule is CCOC(=O)c1ccccc1[P+](C)(c1ccccc1)c1ccccc1.[Cl-]. The summed E-state index contributed by atoms with van der Waals surface area (Å²) in [6.45, 7) is 4.48. The molecule has 0 saturated heterocycles. The number of carbonyl (C=O) groups is 1. The van der Waals surface area contributed by atoms with E-state index in [-0.39, 0.29) is 18.4 Å². The maximum atomic E-state index is 12.6. The first-order chi connectivity index (χ1) is 12.2. The molecule has 2 nitrogen and oxygen atoms in total. The lowest BCUT2D eigenvalue weighted by molar-refractivity contribution is -0.0000230. The van der Waals surface area contributed by atoms with Crippen molar-refractivity contribution in [3.63, 3.8) is 0 Å². The van der Waals surface area contributed by atoms with Gasteiger partial charge in [0.25, 0.3) is 0 Å². The van der Waals surface area contributed by atoms with Gasteiger partial charge in [0.05, 0.1) is 13.3 Å². The smallest absolute Gasteiger partial charge is 0.342 e. The fourth-order valence-corrected chi connectivity index (χ4v) is 6.55. The van der Waals surface area contributed by atoms with Crippen molar-refractivity contribution in [2.75, 3.05) is 13.3 Å². The maximum Gasteiger partial charge on any atom is 0.342 e. The summed E-state index contributed by atoms with van der Waals surface area (Å²) in [6.07, 6.45) is 0. The van der Waals surface area contributed by atoms with Crippen LogP contribution in [0, 0.1) is 0 Å². The number of hydrogen-bond acceptors (Lipinski definition) is 2. The standard InChI is InChI=1S/C22H22O2P.ClH/c1-3-24-22(23)20-16-10-11-17-21(20)25(2,18-12-6-4-7-13-18)19-14-8-5-9-15-19;/h4-17H,3H2,1-2H3;1H/q+1;/p-1. The second-order valence-electron chi connectivity index (χ2n) is 5.91. The number of ether oxygens (including phenoxy) is 1. The van der Waals surface area contributed by atoms with E-state index in [0.29, 0.717) is 12.2 Å². The summed E-state index contributed by atoms with van der Waals surface area (Å²) in [6, 6.07) is 28.7. The highest BCUT2D eigenvalue weighted by molar-refractivity contribution is 7.95. The molecule has 3 aromatic rings. The van der Waals surface area contributed by atoms with Gasteiger partial charge in [0.2, 0.25) is 0 Å². The molecule has 0 radical (unpaired) electrons. The fourth-order valence-electron chi connectivity index (χ4n) is 3.12. The maximum absolute atomic E-state index is 12.6. The van der Waals surface area contributed by atoms with Crippen LogP contribution in [-0.4, -0.2) is 19.2 Å². The Hall–Kier alpha value is -2.15. The van der Waals surface area contributed by atoms with Crippen molar-refractivity contribution in [1.82, 2.24) is 0 Å². The Morgan fingerprint density at radius 1 is 0.808 bits per heavy atom. The Morgan fingerprint density at radius 3 is 1.77 bits per heavy atom. The zero-order chi connectivity index (χ0) is 17.7. The van der Waals surface area contributed by atoms with E-state index in [1.807, 2.05) is 37.3 Å². The van der Waals surface area contributed by atoms with Gasteiger partial charge in [-0.3, -0.25) is 0 Å². The van der Waals surface area contributed by atoms with Crippen molar-refractivity contribution < 1.29 is 21.9 Å². The molecule has 0 saturated carbocycles. The lowest BCUT2D eigenvalue weighted by atomic mass is 10.2. The van der Waals surface area contributed by atoms with E-state index in [2.05, 4.69) is 61.3 Å². The highest BCUT2D eigenvalue weighted by Crippen LogP contribution is 2.52. The zero-order valence-electron chi connectivity index (χ0n) is 14.9. The van der Waals surface area contributed by atoms with Gasteiger partial charge in [-0.1, -0.05) is 48.5 Å². The van der Waals surface area contributed by atoms with E-state index >= 15 is 0 Å². The summed E-state index contributed by atoms with van der Waals surface area (Å²) in [4.78, 5) is 12.6. The Labute approximate surface area is 162 Å². The van der Waals surface area contributed by atoms with Gasteiger partial charge in [0, 0.05) is 0 Å². The summed E-state index contributed by atoms with van der Waals surface area (Å²) >= 11 is 0. The van der Waals surface area contributed by atoms with Crippen molar-refractivity contribution in [2.24, 2.45) is 0 Å². The van der Waals surface area contributed by atoms with Gasteiger partial charge >= 0.3 is 5.97 Å². The molecule has 0 spiro atoms. The van der Waals surface area contributed by atoms with E-state index in [4.69, 9.17) is 4.74 Å². The van der Waals surface area contributed by atoms with Crippen LogP contribution >= 0.6 is 7.26 Å². The molecule has 134 valence electrons. The predicted octanol–water partition coefficient (Wildman–Crippen LogP) is 0.791. The monoisotopic (exact) mass is 384 g/mol. The lowest BCUT2D eigenvalue weighted by Crippen LogP contribution is -3.00. The lowest BCUT2D eigenvalue weighted by Gasteiger charge is -2.24. The Bertz CT molecular complexity index is 811. The zero-order valence-corrected chi connectivity index (χ0v) is 16.6. The number of carbonyl (C=O) groups excluding carboxylic acids is 1. The van der Waals surface area contributed by atoms with Crippen molar-refractivity contribution in [3.8, 4) is 0 Å². The quantitative estimate of drug-likeness (QED) is 0.480. The normalized spacial score (nSPS) is 10.7.